The molecule has 0 aliphatic carbocycles. The molecule has 2 aromatic rings. The third-order valence-electron chi connectivity index (χ3n) is 5.37. The van der Waals surface area contributed by atoms with Gasteiger partial charge in [0.25, 0.3) is 0 Å². The molecule has 27 heavy (non-hydrogen) atoms. The molecular formula is C20H21FN2O3S. The number of hydrogen-bond donors (Lipinski definition) is 0. The van der Waals surface area contributed by atoms with Crippen LogP contribution in [0.2, 0.25) is 0 Å². The Bertz CT molecular complexity index is 1000. The van der Waals surface area contributed by atoms with Gasteiger partial charge in [0, 0.05) is 12.2 Å². The van der Waals surface area contributed by atoms with Crippen molar-refractivity contribution in [1.29, 1.82) is 0 Å². The number of aryl methyl sites for hydroxylation is 2. The maximum absolute atomic E-state index is 13.2. The number of hydrogen-bond acceptors (Lipinski definition) is 3. The lowest BCUT2D eigenvalue weighted by Gasteiger charge is -2.24. The summed E-state index contributed by atoms with van der Waals surface area (Å²) in [6, 6.07) is 10.8. The summed E-state index contributed by atoms with van der Waals surface area (Å²) in [6.07, 6.45) is 0. The predicted octanol–water partition coefficient (Wildman–Crippen LogP) is 3.05. The van der Waals surface area contributed by atoms with Crippen LogP contribution in [0.3, 0.4) is 0 Å². The second kappa shape index (κ2) is 6.34. The van der Waals surface area contributed by atoms with E-state index >= 15 is 0 Å². The van der Waals surface area contributed by atoms with E-state index in [9.17, 15) is 17.6 Å². The van der Waals surface area contributed by atoms with Crippen LogP contribution < -0.4 is 4.90 Å². The Morgan fingerprint density at radius 1 is 1.04 bits per heavy atom. The van der Waals surface area contributed by atoms with Crippen molar-refractivity contribution in [2.24, 2.45) is 0 Å². The molecule has 0 bridgehead atoms. The molecule has 2 fully saturated rings. The first kappa shape index (κ1) is 18.0. The summed E-state index contributed by atoms with van der Waals surface area (Å²) in [5, 5.41) is 0. The number of carbonyl (C=O) groups excluding carboxylic acids is 1. The highest BCUT2D eigenvalue weighted by atomic mass is 32.2. The number of rotatable bonds is 3. The third-order valence-corrected chi connectivity index (χ3v) is 7.07. The summed E-state index contributed by atoms with van der Waals surface area (Å²) >= 11 is 0. The summed E-state index contributed by atoms with van der Waals surface area (Å²) in [4.78, 5) is 16.5. The molecule has 0 unspecified atom stereocenters. The maximum atomic E-state index is 13.2. The van der Waals surface area contributed by atoms with Crippen LogP contribution in [0.15, 0.2) is 42.5 Å². The quantitative estimate of drug-likeness (QED) is 0.760. The first-order valence-electron chi connectivity index (χ1n) is 8.87. The molecule has 7 heteroatoms. The molecule has 2 heterocycles. The van der Waals surface area contributed by atoms with Gasteiger partial charge < -0.3 is 4.90 Å². The Hall–Kier alpha value is -2.41. The van der Waals surface area contributed by atoms with E-state index in [1.165, 1.54) is 12.1 Å². The van der Waals surface area contributed by atoms with E-state index < -0.39 is 21.9 Å². The molecule has 2 atom stereocenters. The molecule has 2 aliphatic heterocycles. The minimum absolute atomic E-state index is 0.0310. The number of sulfone groups is 1. The highest BCUT2D eigenvalue weighted by Crippen LogP contribution is 2.37. The number of anilines is 1. The van der Waals surface area contributed by atoms with E-state index in [0.717, 1.165) is 22.4 Å². The SMILES string of the molecule is Cc1ccc(C)c(N2C(=O)N(Cc3ccc(F)cc3)[C@H]3CS(=O)(=O)C[C@H]32)c1. The smallest absolute Gasteiger partial charge is 0.314 e. The number of fused-ring (bicyclic) bond motifs is 1. The fourth-order valence-corrected chi connectivity index (χ4v) is 5.96. The van der Waals surface area contributed by atoms with Crippen molar-refractivity contribution in [3.05, 3.63) is 65.0 Å². The van der Waals surface area contributed by atoms with Crippen LogP contribution >= 0.6 is 0 Å². The zero-order valence-electron chi connectivity index (χ0n) is 15.2. The summed E-state index contributed by atoms with van der Waals surface area (Å²) < 4.78 is 37.8. The van der Waals surface area contributed by atoms with E-state index in [1.807, 2.05) is 32.0 Å². The van der Waals surface area contributed by atoms with Gasteiger partial charge in [0.15, 0.2) is 9.84 Å². The summed E-state index contributed by atoms with van der Waals surface area (Å²) in [5.41, 5.74) is 3.47. The van der Waals surface area contributed by atoms with Crippen LogP contribution in [0, 0.1) is 19.7 Å². The standard InChI is InChI=1S/C20H21FN2O3S/c1-13-3-4-14(2)17(9-13)23-19-12-27(25,26)11-18(19)22(20(23)24)10-15-5-7-16(21)8-6-15/h3-9,18-19H,10-12H2,1-2H3/t18-,19+/m0/s1. The molecule has 0 radical (unpaired) electrons. The van der Waals surface area contributed by atoms with Crippen LogP contribution in [0.5, 0.6) is 0 Å². The molecule has 4 rings (SSSR count). The lowest BCUT2D eigenvalue weighted by Crippen LogP contribution is -2.38. The highest BCUT2D eigenvalue weighted by Gasteiger charge is 2.54. The number of nitrogens with zero attached hydrogens (tertiary/aromatic N) is 2. The average Bonchev–Trinajstić information content (AvgIpc) is 3.03. The van der Waals surface area contributed by atoms with Crippen molar-refractivity contribution < 1.29 is 17.6 Å². The monoisotopic (exact) mass is 388 g/mol. The van der Waals surface area contributed by atoms with E-state index in [4.69, 9.17) is 0 Å². The molecular weight excluding hydrogens is 367 g/mol. The Kier molecular flexibility index (Phi) is 4.22. The van der Waals surface area contributed by atoms with Gasteiger partial charge in [0.05, 0.1) is 23.6 Å². The minimum atomic E-state index is -3.22. The van der Waals surface area contributed by atoms with Crippen molar-refractivity contribution >= 4 is 21.6 Å². The summed E-state index contributed by atoms with van der Waals surface area (Å²) in [5.74, 6) is -0.410. The molecule has 0 saturated carbocycles. The van der Waals surface area contributed by atoms with Crippen molar-refractivity contribution in [2.75, 3.05) is 16.4 Å². The zero-order chi connectivity index (χ0) is 19.3. The van der Waals surface area contributed by atoms with E-state index in [0.29, 0.717) is 0 Å². The number of amides is 2. The Morgan fingerprint density at radius 3 is 2.41 bits per heavy atom. The summed E-state index contributed by atoms with van der Waals surface area (Å²) in [7, 11) is -3.22. The number of benzene rings is 2. The van der Waals surface area contributed by atoms with Crippen LogP contribution in [-0.4, -0.2) is 42.9 Å². The number of urea groups is 1. The van der Waals surface area contributed by atoms with Crippen molar-refractivity contribution in [3.63, 3.8) is 0 Å². The topological polar surface area (TPSA) is 57.7 Å². The summed E-state index contributed by atoms with van der Waals surface area (Å²) in [6.45, 7) is 4.13. The largest absolute Gasteiger partial charge is 0.325 e. The van der Waals surface area contributed by atoms with Crippen LogP contribution in [0.1, 0.15) is 16.7 Å². The van der Waals surface area contributed by atoms with Gasteiger partial charge in [-0.3, -0.25) is 4.90 Å². The Labute approximate surface area is 158 Å². The molecule has 0 N–H and O–H groups in total. The molecule has 142 valence electrons. The first-order chi connectivity index (χ1) is 12.7. The third kappa shape index (κ3) is 3.20. The fraction of sp³-hybridized carbons (Fsp3) is 0.350. The molecule has 5 nitrogen and oxygen atoms in total. The minimum Gasteiger partial charge on any atom is -0.314 e. The van der Waals surface area contributed by atoms with Gasteiger partial charge in [-0.1, -0.05) is 24.3 Å². The second-order valence-electron chi connectivity index (χ2n) is 7.41. The molecule has 2 amide bonds. The van der Waals surface area contributed by atoms with E-state index in [1.54, 1.807) is 21.9 Å². The van der Waals surface area contributed by atoms with E-state index in [-0.39, 0.29) is 29.9 Å². The Balaban J connectivity index is 1.73. The van der Waals surface area contributed by atoms with Gasteiger partial charge in [-0.05, 0) is 48.7 Å². The molecule has 0 spiro atoms. The van der Waals surface area contributed by atoms with Gasteiger partial charge >= 0.3 is 6.03 Å². The second-order valence-corrected chi connectivity index (χ2v) is 9.56. The predicted molar refractivity (Wildman–Crippen MR) is 102 cm³/mol. The van der Waals surface area contributed by atoms with Crippen molar-refractivity contribution in [3.8, 4) is 0 Å². The fourth-order valence-electron chi connectivity index (χ4n) is 4.01. The molecule has 2 aromatic carbocycles. The lowest BCUT2D eigenvalue weighted by molar-refractivity contribution is 0.206. The van der Waals surface area contributed by atoms with Crippen LogP contribution in [0.25, 0.3) is 0 Å². The zero-order valence-corrected chi connectivity index (χ0v) is 16.0. The normalized spacial score (nSPS) is 23.7. The number of carbonyl (C=O) groups is 1. The van der Waals surface area contributed by atoms with Gasteiger partial charge in [0.1, 0.15) is 5.82 Å². The van der Waals surface area contributed by atoms with Gasteiger partial charge in [-0.25, -0.2) is 17.6 Å². The number of halogens is 1. The lowest BCUT2D eigenvalue weighted by atomic mass is 10.1. The average molecular weight is 388 g/mol. The van der Waals surface area contributed by atoms with Crippen molar-refractivity contribution in [1.82, 2.24) is 4.90 Å². The van der Waals surface area contributed by atoms with Gasteiger partial charge in [0.2, 0.25) is 0 Å². The van der Waals surface area contributed by atoms with Gasteiger partial charge in [-0.15, -0.1) is 0 Å². The maximum Gasteiger partial charge on any atom is 0.325 e. The van der Waals surface area contributed by atoms with Crippen LogP contribution in [-0.2, 0) is 16.4 Å². The molecule has 0 aromatic heterocycles. The highest BCUT2D eigenvalue weighted by molar-refractivity contribution is 7.91. The van der Waals surface area contributed by atoms with Crippen molar-refractivity contribution in [2.45, 2.75) is 32.5 Å². The molecule has 2 saturated heterocycles. The Morgan fingerprint density at radius 2 is 1.70 bits per heavy atom. The van der Waals surface area contributed by atoms with Crippen LogP contribution in [0.4, 0.5) is 14.9 Å². The van der Waals surface area contributed by atoms with E-state index in [2.05, 4.69) is 0 Å². The van der Waals surface area contributed by atoms with Gasteiger partial charge in [-0.2, -0.15) is 0 Å². The molecule has 2 aliphatic rings. The first-order valence-corrected chi connectivity index (χ1v) is 10.7.